The summed E-state index contributed by atoms with van der Waals surface area (Å²) in [6, 6.07) is 9.01. The molecule has 126 valence electrons. The summed E-state index contributed by atoms with van der Waals surface area (Å²) in [5, 5.41) is 2.79. The maximum atomic E-state index is 12.3. The van der Waals surface area contributed by atoms with Gasteiger partial charge in [0, 0.05) is 36.4 Å². The zero-order chi connectivity index (χ0) is 17.6. The van der Waals surface area contributed by atoms with Crippen molar-refractivity contribution in [1.29, 1.82) is 0 Å². The fourth-order valence-electron chi connectivity index (χ4n) is 2.37. The average molecular weight is 335 g/mol. The van der Waals surface area contributed by atoms with Crippen molar-refractivity contribution in [3.63, 3.8) is 0 Å². The number of rotatable bonds is 5. The molecule has 3 heterocycles. The summed E-state index contributed by atoms with van der Waals surface area (Å²) in [6.07, 6.45) is 4.93. The molecular weight excluding hydrogens is 318 g/mol. The number of carbonyl (C=O) groups excluding carboxylic acids is 1. The summed E-state index contributed by atoms with van der Waals surface area (Å²) in [5.41, 5.74) is 2.07. The fraction of sp³-hybridized carbons (Fsp3) is 0.167. The molecule has 0 atom stereocenters. The van der Waals surface area contributed by atoms with Crippen LogP contribution in [0.25, 0.3) is 11.5 Å². The van der Waals surface area contributed by atoms with Crippen LogP contribution < -0.4 is 10.9 Å². The molecule has 0 aliphatic heterocycles. The first-order valence-corrected chi connectivity index (χ1v) is 7.80. The van der Waals surface area contributed by atoms with Crippen LogP contribution in [0.2, 0.25) is 0 Å². The number of pyridine rings is 2. The van der Waals surface area contributed by atoms with E-state index in [0.29, 0.717) is 29.3 Å². The monoisotopic (exact) mass is 335 g/mol. The zero-order valence-electron chi connectivity index (χ0n) is 13.7. The molecule has 0 unspecified atom stereocenters. The van der Waals surface area contributed by atoms with Gasteiger partial charge in [-0.15, -0.1) is 0 Å². The van der Waals surface area contributed by atoms with Gasteiger partial charge in [-0.05, 0) is 36.8 Å². The van der Waals surface area contributed by atoms with Crippen LogP contribution in [0, 0.1) is 6.92 Å². The maximum Gasteiger partial charge on any atom is 0.255 e. The van der Waals surface area contributed by atoms with Gasteiger partial charge < -0.3 is 10.3 Å². The van der Waals surface area contributed by atoms with Gasteiger partial charge in [0.15, 0.2) is 5.82 Å². The molecule has 3 aromatic rings. The highest BCUT2D eigenvalue weighted by molar-refractivity contribution is 5.78. The van der Waals surface area contributed by atoms with Crippen LogP contribution >= 0.6 is 0 Å². The number of hydrogen-bond acceptors (Lipinski definition) is 5. The average Bonchev–Trinajstić information content (AvgIpc) is 2.64. The molecule has 0 fully saturated rings. The van der Waals surface area contributed by atoms with Gasteiger partial charge in [-0.3, -0.25) is 19.6 Å². The van der Waals surface area contributed by atoms with Gasteiger partial charge in [0.2, 0.25) is 5.91 Å². The van der Waals surface area contributed by atoms with Crippen molar-refractivity contribution in [3.8, 4) is 11.5 Å². The quantitative estimate of drug-likeness (QED) is 0.734. The molecule has 0 saturated carbocycles. The van der Waals surface area contributed by atoms with E-state index in [-0.39, 0.29) is 17.9 Å². The second-order valence-electron chi connectivity index (χ2n) is 5.50. The molecule has 0 spiro atoms. The molecular formula is C18H17N5O2. The van der Waals surface area contributed by atoms with Gasteiger partial charge in [-0.2, -0.15) is 0 Å². The molecule has 0 aromatic carbocycles. The van der Waals surface area contributed by atoms with Crippen molar-refractivity contribution in [1.82, 2.24) is 25.3 Å². The lowest BCUT2D eigenvalue weighted by molar-refractivity contribution is -0.120. The molecule has 0 radical (unpaired) electrons. The molecule has 0 saturated heterocycles. The summed E-state index contributed by atoms with van der Waals surface area (Å²) in [4.78, 5) is 39.6. The number of aromatic nitrogens is 4. The molecule has 1 amide bonds. The van der Waals surface area contributed by atoms with E-state index in [1.165, 1.54) is 0 Å². The van der Waals surface area contributed by atoms with Crippen LogP contribution in [0.3, 0.4) is 0 Å². The summed E-state index contributed by atoms with van der Waals surface area (Å²) in [7, 11) is 0. The van der Waals surface area contributed by atoms with E-state index < -0.39 is 0 Å². The van der Waals surface area contributed by atoms with Crippen molar-refractivity contribution >= 4 is 5.91 Å². The smallest absolute Gasteiger partial charge is 0.255 e. The largest absolute Gasteiger partial charge is 0.352 e. The summed E-state index contributed by atoms with van der Waals surface area (Å²) >= 11 is 0. The zero-order valence-corrected chi connectivity index (χ0v) is 13.7. The van der Waals surface area contributed by atoms with Crippen LogP contribution in [0.15, 0.2) is 53.7 Å². The van der Waals surface area contributed by atoms with Crippen LogP contribution in [0.1, 0.15) is 16.8 Å². The summed E-state index contributed by atoms with van der Waals surface area (Å²) < 4.78 is 0. The Morgan fingerprint density at radius 3 is 2.64 bits per heavy atom. The van der Waals surface area contributed by atoms with Crippen molar-refractivity contribution in [2.75, 3.05) is 0 Å². The molecule has 7 nitrogen and oxygen atoms in total. The molecule has 2 N–H and O–H groups in total. The van der Waals surface area contributed by atoms with Crippen molar-refractivity contribution in [2.24, 2.45) is 0 Å². The number of aryl methyl sites for hydroxylation is 1. The Morgan fingerprint density at radius 2 is 1.96 bits per heavy atom. The number of nitrogens with one attached hydrogen (secondary N) is 2. The molecule has 3 aromatic heterocycles. The third-order valence-corrected chi connectivity index (χ3v) is 3.71. The van der Waals surface area contributed by atoms with Crippen LogP contribution in [-0.2, 0) is 17.8 Å². The van der Waals surface area contributed by atoms with E-state index in [1.54, 1.807) is 37.6 Å². The summed E-state index contributed by atoms with van der Waals surface area (Å²) in [6.45, 7) is 2.10. The molecule has 25 heavy (non-hydrogen) atoms. The van der Waals surface area contributed by atoms with Gasteiger partial charge in [0.1, 0.15) is 5.69 Å². The molecule has 0 aliphatic carbocycles. The predicted molar refractivity (Wildman–Crippen MR) is 92.6 cm³/mol. The standard InChI is InChI=1S/C18H17N5O2/c1-12-14(10-16(24)21-11-13-5-8-19-9-6-13)18(25)23-17(22-12)15-4-2-3-7-20-15/h2-9H,10-11H2,1H3,(H,21,24)(H,22,23,25). The molecule has 0 bridgehead atoms. The first-order chi connectivity index (χ1) is 12.1. The van der Waals surface area contributed by atoms with Gasteiger partial charge in [0.05, 0.1) is 6.42 Å². The molecule has 3 rings (SSSR count). The van der Waals surface area contributed by atoms with Gasteiger partial charge in [-0.1, -0.05) is 6.07 Å². The third-order valence-electron chi connectivity index (χ3n) is 3.71. The van der Waals surface area contributed by atoms with Crippen LogP contribution in [0.5, 0.6) is 0 Å². The van der Waals surface area contributed by atoms with Gasteiger partial charge in [-0.25, -0.2) is 4.98 Å². The lowest BCUT2D eigenvalue weighted by Crippen LogP contribution is -2.28. The second kappa shape index (κ2) is 7.48. The first kappa shape index (κ1) is 16.5. The highest BCUT2D eigenvalue weighted by atomic mass is 16.2. The number of nitrogens with zero attached hydrogens (tertiary/aromatic N) is 3. The summed E-state index contributed by atoms with van der Waals surface area (Å²) in [5.74, 6) is 0.154. The number of aromatic amines is 1. The van der Waals surface area contributed by atoms with E-state index in [4.69, 9.17) is 0 Å². The lowest BCUT2D eigenvalue weighted by atomic mass is 10.1. The highest BCUT2D eigenvalue weighted by Gasteiger charge is 2.13. The number of carbonyl (C=O) groups is 1. The Hall–Kier alpha value is -3.35. The Balaban J connectivity index is 1.72. The molecule has 0 aliphatic rings. The van der Waals surface area contributed by atoms with Crippen LogP contribution in [-0.4, -0.2) is 25.8 Å². The van der Waals surface area contributed by atoms with Crippen molar-refractivity contribution < 1.29 is 4.79 Å². The number of hydrogen-bond donors (Lipinski definition) is 2. The normalized spacial score (nSPS) is 10.4. The Bertz CT molecular complexity index is 923. The Labute approximate surface area is 144 Å². The lowest BCUT2D eigenvalue weighted by Gasteiger charge is -2.08. The topological polar surface area (TPSA) is 101 Å². The van der Waals surface area contributed by atoms with E-state index in [0.717, 1.165) is 5.56 Å². The minimum atomic E-state index is -0.327. The van der Waals surface area contributed by atoms with Gasteiger partial charge in [0.25, 0.3) is 5.56 Å². The SMILES string of the molecule is Cc1nc(-c2ccccn2)[nH]c(=O)c1CC(=O)NCc1ccncc1. The molecule has 7 heteroatoms. The predicted octanol–water partition coefficient (Wildman–Crippen LogP) is 1.39. The van der Waals surface area contributed by atoms with Crippen molar-refractivity contribution in [3.05, 3.63) is 76.1 Å². The third kappa shape index (κ3) is 4.14. The minimum Gasteiger partial charge on any atom is -0.352 e. The maximum absolute atomic E-state index is 12.3. The Kier molecular flexibility index (Phi) is 4.94. The van der Waals surface area contributed by atoms with E-state index in [9.17, 15) is 9.59 Å². The number of amides is 1. The van der Waals surface area contributed by atoms with E-state index in [2.05, 4.69) is 25.3 Å². The van der Waals surface area contributed by atoms with E-state index >= 15 is 0 Å². The van der Waals surface area contributed by atoms with Gasteiger partial charge >= 0.3 is 0 Å². The second-order valence-corrected chi connectivity index (χ2v) is 5.50. The van der Waals surface area contributed by atoms with Crippen molar-refractivity contribution in [2.45, 2.75) is 19.9 Å². The Morgan fingerprint density at radius 1 is 1.16 bits per heavy atom. The number of H-pyrrole nitrogens is 1. The van der Waals surface area contributed by atoms with Crippen LogP contribution in [0.4, 0.5) is 0 Å². The first-order valence-electron chi connectivity index (χ1n) is 7.80. The minimum absolute atomic E-state index is 0.0260. The fourth-order valence-corrected chi connectivity index (χ4v) is 2.37. The van der Waals surface area contributed by atoms with E-state index in [1.807, 2.05) is 18.2 Å². The highest BCUT2D eigenvalue weighted by Crippen LogP contribution is 2.11.